The van der Waals surface area contributed by atoms with Gasteiger partial charge in [0.15, 0.2) is 0 Å². The van der Waals surface area contributed by atoms with Crippen LogP contribution in [0.5, 0.6) is 0 Å². The SMILES string of the molecule is CCN1CCCC(CNC)C1c1ccc(C)s1. The summed E-state index contributed by atoms with van der Waals surface area (Å²) in [7, 11) is 2.07. The van der Waals surface area contributed by atoms with Crippen molar-refractivity contribution >= 4 is 11.3 Å². The molecule has 1 aromatic rings. The molecule has 2 atom stereocenters. The highest BCUT2D eigenvalue weighted by Gasteiger charge is 2.31. The van der Waals surface area contributed by atoms with Crippen LogP contribution in [0.1, 0.15) is 35.6 Å². The van der Waals surface area contributed by atoms with Crippen molar-refractivity contribution in [2.75, 3.05) is 26.7 Å². The molecule has 1 aliphatic heterocycles. The van der Waals surface area contributed by atoms with Crippen LogP contribution < -0.4 is 5.32 Å². The van der Waals surface area contributed by atoms with E-state index in [1.54, 1.807) is 4.88 Å². The van der Waals surface area contributed by atoms with Crippen molar-refractivity contribution in [2.45, 2.75) is 32.7 Å². The molecule has 0 bridgehead atoms. The van der Waals surface area contributed by atoms with E-state index in [9.17, 15) is 0 Å². The van der Waals surface area contributed by atoms with Crippen molar-refractivity contribution in [1.82, 2.24) is 10.2 Å². The van der Waals surface area contributed by atoms with Crippen molar-refractivity contribution < 1.29 is 0 Å². The van der Waals surface area contributed by atoms with E-state index in [1.165, 1.54) is 30.8 Å². The van der Waals surface area contributed by atoms with E-state index >= 15 is 0 Å². The fourth-order valence-electron chi connectivity index (χ4n) is 3.01. The number of thiophene rings is 1. The summed E-state index contributed by atoms with van der Waals surface area (Å²) in [6.45, 7) is 8.06. The van der Waals surface area contributed by atoms with Crippen LogP contribution in [-0.2, 0) is 0 Å². The fourth-order valence-corrected chi connectivity index (χ4v) is 4.11. The van der Waals surface area contributed by atoms with Crippen molar-refractivity contribution in [3.05, 3.63) is 21.9 Å². The zero-order valence-corrected chi connectivity index (χ0v) is 12.0. The normalized spacial score (nSPS) is 26.3. The second-order valence-corrected chi connectivity index (χ2v) is 6.30. The zero-order valence-electron chi connectivity index (χ0n) is 11.2. The minimum atomic E-state index is 0.639. The monoisotopic (exact) mass is 252 g/mol. The van der Waals surface area contributed by atoms with E-state index in [1.807, 2.05) is 11.3 Å². The van der Waals surface area contributed by atoms with Crippen LogP contribution in [0.15, 0.2) is 12.1 Å². The highest BCUT2D eigenvalue weighted by Crippen LogP contribution is 2.38. The van der Waals surface area contributed by atoms with Crippen LogP contribution in [0.25, 0.3) is 0 Å². The number of likely N-dealkylation sites (tertiary alicyclic amines) is 1. The van der Waals surface area contributed by atoms with Crippen LogP contribution in [0.3, 0.4) is 0 Å². The summed E-state index contributed by atoms with van der Waals surface area (Å²) in [5.41, 5.74) is 0. The summed E-state index contributed by atoms with van der Waals surface area (Å²) in [5, 5.41) is 3.37. The minimum absolute atomic E-state index is 0.639. The molecular weight excluding hydrogens is 228 g/mol. The Labute approximate surface area is 109 Å². The van der Waals surface area contributed by atoms with Gasteiger partial charge in [-0.2, -0.15) is 0 Å². The summed E-state index contributed by atoms with van der Waals surface area (Å²) in [6, 6.07) is 5.24. The van der Waals surface area contributed by atoms with Crippen LogP contribution in [0.2, 0.25) is 0 Å². The van der Waals surface area contributed by atoms with Crippen LogP contribution in [-0.4, -0.2) is 31.6 Å². The summed E-state index contributed by atoms with van der Waals surface area (Å²) >= 11 is 1.97. The molecule has 1 aliphatic rings. The van der Waals surface area contributed by atoms with Crippen molar-refractivity contribution in [2.24, 2.45) is 5.92 Å². The largest absolute Gasteiger partial charge is 0.319 e. The second-order valence-electron chi connectivity index (χ2n) is 4.98. The predicted molar refractivity (Wildman–Crippen MR) is 75.7 cm³/mol. The molecule has 2 nitrogen and oxygen atoms in total. The zero-order chi connectivity index (χ0) is 12.3. The molecular formula is C14H24N2S. The Morgan fingerprint density at radius 2 is 2.29 bits per heavy atom. The molecule has 3 heteroatoms. The van der Waals surface area contributed by atoms with Gasteiger partial charge < -0.3 is 5.32 Å². The Morgan fingerprint density at radius 3 is 2.88 bits per heavy atom. The van der Waals surface area contributed by atoms with Gasteiger partial charge in [0.25, 0.3) is 0 Å². The lowest BCUT2D eigenvalue weighted by molar-refractivity contribution is 0.101. The summed E-state index contributed by atoms with van der Waals surface area (Å²) in [6.07, 6.45) is 2.71. The van der Waals surface area contributed by atoms with Gasteiger partial charge in [-0.15, -0.1) is 11.3 Å². The number of hydrogen-bond donors (Lipinski definition) is 1. The molecule has 2 unspecified atom stereocenters. The molecule has 1 aromatic heterocycles. The van der Waals surface area contributed by atoms with Gasteiger partial charge in [0, 0.05) is 15.8 Å². The third-order valence-electron chi connectivity index (χ3n) is 3.79. The van der Waals surface area contributed by atoms with E-state index < -0.39 is 0 Å². The van der Waals surface area contributed by atoms with Crippen molar-refractivity contribution in [3.8, 4) is 0 Å². The molecule has 17 heavy (non-hydrogen) atoms. The lowest BCUT2D eigenvalue weighted by Gasteiger charge is -2.40. The molecule has 0 aromatic carbocycles. The number of nitrogens with zero attached hydrogens (tertiary/aromatic N) is 1. The molecule has 0 radical (unpaired) electrons. The van der Waals surface area contributed by atoms with Crippen molar-refractivity contribution in [1.29, 1.82) is 0 Å². The summed E-state index contributed by atoms with van der Waals surface area (Å²) < 4.78 is 0. The third kappa shape index (κ3) is 2.90. The number of piperidine rings is 1. The smallest absolute Gasteiger partial charge is 0.0481 e. The predicted octanol–water partition coefficient (Wildman–Crippen LogP) is 3.05. The Kier molecular flexibility index (Phi) is 4.60. The van der Waals surface area contributed by atoms with E-state index in [0.717, 1.165) is 12.5 Å². The summed E-state index contributed by atoms with van der Waals surface area (Å²) in [5.74, 6) is 0.770. The second kappa shape index (κ2) is 5.98. The molecule has 1 saturated heterocycles. The lowest BCUT2D eigenvalue weighted by atomic mass is 9.88. The van der Waals surface area contributed by atoms with Gasteiger partial charge in [0.1, 0.15) is 0 Å². The maximum absolute atomic E-state index is 3.37. The maximum Gasteiger partial charge on any atom is 0.0481 e. The van der Waals surface area contributed by atoms with E-state index in [2.05, 4.69) is 43.2 Å². The van der Waals surface area contributed by atoms with Gasteiger partial charge in [-0.3, -0.25) is 4.90 Å². The Morgan fingerprint density at radius 1 is 1.47 bits per heavy atom. The quantitative estimate of drug-likeness (QED) is 0.886. The van der Waals surface area contributed by atoms with E-state index in [4.69, 9.17) is 0 Å². The van der Waals surface area contributed by atoms with Crippen molar-refractivity contribution in [3.63, 3.8) is 0 Å². The average molecular weight is 252 g/mol. The fraction of sp³-hybridized carbons (Fsp3) is 0.714. The number of nitrogens with one attached hydrogen (secondary N) is 1. The molecule has 96 valence electrons. The highest BCUT2D eigenvalue weighted by molar-refractivity contribution is 7.12. The van der Waals surface area contributed by atoms with Crippen LogP contribution >= 0.6 is 11.3 Å². The van der Waals surface area contributed by atoms with E-state index in [0.29, 0.717) is 6.04 Å². The lowest BCUT2D eigenvalue weighted by Crippen LogP contribution is -2.41. The molecule has 0 aliphatic carbocycles. The van der Waals surface area contributed by atoms with Gasteiger partial charge in [-0.1, -0.05) is 6.92 Å². The first kappa shape index (κ1) is 13.1. The maximum atomic E-state index is 3.37. The topological polar surface area (TPSA) is 15.3 Å². The first-order valence-corrected chi connectivity index (χ1v) is 7.53. The molecule has 2 rings (SSSR count). The molecule has 0 saturated carbocycles. The van der Waals surface area contributed by atoms with Gasteiger partial charge in [-0.25, -0.2) is 0 Å². The highest BCUT2D eigenvalue weighted by atomic mass is 32.1. The average Bonchev–Trinajstić information content (AvgIpc) is 2.75. The number of aryl methyl sites for hydroxylation is 1. The molecule has 0 amide bonds. The van der Waals surface area contributed by atoms with Crippen LogP contribution in [0.4, 0.5) is 0 Å². The van der Waals surface area contributed by atoms with Gasteiger partial charge in [-0.05, 0) is 64.5 Å². The first-order valence-electron chi connectivity index (χ1n) is 6.71. The number of rotatable bonds is 4. The molecule has 2 heterocycles. The first-order chi connectivity index (χ1) is 8.26. The third-order valence-corrected chi connectivity index (χ3v) is 4.86. The molecule has 0 spiro atoms. The van der Waals surface area contributed by atoms with Gasteiger partial charge >= 0.3 is 0 Å². The Balaban J connectivity index is 2.21. The Bertz CT molecular complexity index is 346. The van der Waals surface area contributed by atoms with Gasteiger partial charge in [0.2, 0.25) is 0 Å². The number of hydrogen-bond acceptors (Lipinski definition) is 3. The molecule has 1 N–H and O–H groups in total. The van der Waals surface area contributed by atoms with E-state index in [-0.39, 0.29) is 0 Å². The summed E-state index contributed by atoms with van der Waals surface area (Å²) in [4.78, 5) is 5.64. The van der Waals surface area contributed by atoms with Crippen LogP contribution in [0, 0.1) is 12.8 Å². The minimum Gasteiger partial charge on any atom is -0.319 e. The molecule has 1 fully saturated rings. The standard InChI is InChI=1S/C14H24N2S/c1-4-16-9-5-6-12(10-15-3)14(16)13-8-7-11(2)17-13/h7-8,12,14-15H,4-6,9-10H2,1-3H3. The van der Waals surface area contributed by atoms with Gasteiger partial charge in [0.05, 0.1) is 0 Å². The Hall–Kier alpha value is -0.380.